The molecule has 2 rings (SSSR count). The molecule has 1 aliphatic rings. The minimum Gasteiger partial charge on any atom is -0.369 e. The molecule has 0 unspecified atom stereocenters. The van der Waals surface area contributed by atoms with Gasteiger partial charge in [-0.1, -0.05) is 19.3 Å². The molecule has 0 atom stereocenters. The van der Waals surface area contributed by atoms with Crippen LogP contribution >= 0.6 is 0 Å². The van der Waals surface area contributed by atoms with Crippen molar-refractivity contribution in [3.05, 3.63) is 24.0 Å². The van der Waals surface area contributed by atoms with Crippen molar-refractivity contribution in [2.45, 2.75) is 51.6 Å². The van der Waals surface area contributed by atoms with Gasteiger partial charge >= 0.3 is 0 Å². The standard InChI is InChI=1S/C15H25N3/c1-3-18(14-7-5-4-6-8-14)15-9-10-17-13(11-15)12-16-2/h9-11,14,16H,3-8,12H2,1-2H3. The lowest BCUT2D eigenvalue weighted by atomic mass is 9.94. The summed E-state index contributed by atoms with van der Waals surface area (Å²) < 4.78 is 0. The molecule has 1 saturated carbocycles. The molecule has 1 aliphatic carbocycles. The first-order valence-electron chi connectivity index (χ1n) is 7.21. The highest BCUT2D eigenvalue weighted by Crippen LogP contribution is 2.27. The van der Waals surface area contributed by atoms with E-state index >= 15 is 0 Å². The molecule has 0 bridgehead atoms. The summed E-state index contributed by atoms with van der Waals surface area (Å²) in [5, 5.41) is 3.17. The Balaban J connectivity index is 2.12. The predicted molar refractivity (Wildman–Crippen MR) is 76.9 cm³/mol. The molecule has 0 spiro atoms. The zero-order valence-electron chi connectivity index (χ0n) is 11.7. The van der Waals surface area contributed by atoms with E-state index in [1.165, 1.54) is 37.8 Å². The summed E-state index contributed by atoms with van der Waals surface area (Å²) in [7, 11) is 1.97. The molecule has 0 aliphatic heterocycles. The fourth-order valence-electron chi connectivity index (χ4n) is 2.97. The van der Waals surface area contributed by atoms with E-state index in [0.29, 0.717) is 0 Å². The zero-order valence-corrected chi connectivity index (χ0v) is 11.7. The van der Waals surface area contributed by atoms with Gasteiger partial charge in [-0.25, -0.2) is 0 Å². The maximum absolute atomic E-state index is 4.40. The Morgan fingerprint density at radius 3 is 2.78 bits per heavy atom. The highest BCUT2D eigenvalue weighted by atomic mass is 15.2. The van der Waals surface area contributed by atoms with Gasteiger partial charge in [-0.3, -0.25) is 4.98 Å². The molecule has 1 heterocycles. The van der Waals surface area contributed by atoms with Gasteiger partial charge in [-0.15, -0.1) is 0 Å². The van der Waals surface area contributed by atoms with Crippen molar-refractivity contribution in [3.63, 3.8) is 0 Å². The van der Waals surface area contributed by atoms with Gasteiger partial charge in [0.1, 0.15) is 0 Å². The van der Waals surface area contributed by atoms with Crippen LogP contribution in [0.25, 0.3) is 0 Å². The van der Waals surface area contributed by atoms with Gasteiger partial charge in [0, 0.05) is 31.0 Å². The lowest BCUT2D eigenvalue weighted by Crippen LogP contribution is -2.36. The average molecular weight is 247 g/mol. The lowest BCUT2D eigenvalue weighted by molar-refractivity contribution is 0.418. The zero-order chi connectivity index (χ0) is 12.8. The Labute approximate surface area is 111 Å². The molecule has 3 nitrogen and oxygen atoms in total. The van der Waals surface area contributed by atoms with E-state index in [2.05, 4.69) is 34.3 Å². The van der Waals surface area contributed by atoms with Crippen molar-refractivity contribution in [1.29, 1.82) is 0 Å². The SMILES string of the molecule is CCN(c1ccnc(CNC)c1)C1CCCCC1. The minimum absolute atomic E-state index is 0.730. The summed E-state index contributed by atoms with van der Waals surface area (Å²) in [6, 6.07) is 5.11. The molecule has 1 aromatic rings. The first-order valence-corrected chi connectivity index (χ1v) is 7.21. The average Bonchev–Trinajstić information content (AvgIpc) is 2.42. The van der Waals surface area contributed by atoms with E-state index in [1.807, 2.05) is 13.2 Å². The van der Waals surface area contributed by atoms with Crippen molar-refractivity contribution in [1.82, 2.24) is 10.3 Å². The number of hydrogen-bond acceptors (Lipinski definition) is 3. The molecule has 0 amide bonds. The maximum Gasteiger partial charge on any atom is 0.0562 e. The van der Waals surface area contributed by atoms with Crippen LogP contribution in [0.2, 0.25) is 0 Å². The smallest absolute Gasteiger partial charge is 0.0562 e. The molecule has 1 N–H and O–H groups in total. The number of nitrogens with zero attached hydrogens (tertiary/aromatic N) is 2. The molecule has 0 radical (unpaired) electrons. The van der Waals surface area contributed by atoms with Crippen LogP contribution in [0.15, 0.2) is 18.3 Å². The molecule has 0 aromatic carbocycles. The largest absolute Gasteiger partial charge is 0.369 e. The van der Waals surface area contributed by atoms with Crippen LogP contribution in [0, 0.1) is 0 Å². The second-order valence-electron chi connectivity index (χ2n) is 5.11. The van der Waals surface area contributed by atoms with Gasteiger partial charge in [0.2, 0.25) is 0 Å². The van der Waals surface area contributed by atoms with Crippen LogP contribution in [0.5, 0.6) is 0 Å². The van der Waals surface area contributed by atoms with E-state index < -0.39 is 0 Å². The van der Waals surface area contributed by atoms with Crippen LogP contribution in [0.4, 0.5) is 5.69 Å². The monoisotopic (exact) mass is 247 g/mol. The quantitative estimate of drug-likeness (QED) is 0.867. The van der Waals surface area contributed by atoms with Crippen molar-refractivity contribution >= 4 is 5.69 Å². The highest BCUT2D eigenvalue weighted by Gasteiger charge is 2.20. The molecule has 0 saturated heterocycles. The Morgan fingerprint density at radius 2 is 2.11 bits per heavy atom. The number of aromatic nitrogens is 1. The molecule has 18 heavy (non-hydrogen) atoms. The normalized spacial score (nSPS) is 16.8. The molecular weight excluding hydrogens is 222 g/mol. The van der Waals surface area contributed by atoms with Crippen molar-refractivity contribution in [2.24, 2.45) is 0 Å². The van der Waals surface area contributed by atoms with Gasteiger partial charge in [0.25, 0.3) is 0 Å². The van der Waals surface area contributed by atoms with E-state index in [1.54, 1.807) is 0 Å². The van der Waals surface area contributed by atoms with Gasteiger partial charge < -0.3 is 10.2 Å². The molecule has 1 fully saturated rings. The third-order valence-corrected chi connectivity index (χ3v) is 3.85. The Hall–Kier alpha value is -1.09. The molecular formula is C15H25N3. The fraction of sp³-hybridized carbons (Fsp3) is 0.667. The van der Waals surface area contributed by atoms with Crippen LogP contribution in [0.1, 0.15) is 44.7 Å². The summed E-state index contributed by atoms with van der Waals surface area (Å²) in [5.74, 6) is 0. The van der Waals surface area contributed by atoms with Crippen molar-refractivity contribution < 1.29 is 0 Å². The summed E-state index contributed by atoms with van der Waals surface area (Å²) in [4.78, 5) is 6.96. The Bertz CT molecular complexity index is 359. The molecule has 100 valence electrons. The topological polar surface area (TPSA) is 28.2 Å². The second-order valence-corrected chi connectivity index (χ2v) is 5.11. The third kappa shape index (κ3) is 3.22. The minimum atomic E-state index is 0.730. The second kappa shape index (κ2) is 6.74. The Kier molecular flexibility index (Phi) is 5.00. The summed E-state index contributed by atoms with van der Waals surface area (Å²) in [6.07, 6.45) is 8.81. The Morgan fingerprint density at radius 1 is 1.33 bits per heavy atom. The number of hydrogen-bond donors (Lipinski definition) is 1. The first-order chi connectivity index (χ1) is 8.85. The number of pyridine rings is 1. The van der Waals surface area contributed by atoms with E-state index in [4.69, 9.17) is 0 Å². The van der Waals surface area contributed by atoms with Crippen LogP contribution in [-0.2, 0) is 6.54 Å². The summed E-state index contributed by atoms with van der Waals surface area (Å²) >= 11 is 0. The van der Waals surface area contributed by atoms with Gasteiger partial charge in [0.05, 0.1) is 5.69 Å². The summed E-state index contributed by atoms with van der Waals surface area (Å²) in [6.45, 7) is 4.19. The summed E-state index contributed by atoms with van der Waals surface area (Å²) in [5.41, 5.74) is 2.47. The van der Waals surface area contributed by atoms with Gasteiger partial charge in [-0.2, -0.15) is 0 Å². The maximum atomic E-state index is 4.40. The number of anilines is 1. The highest BCUT2D eigenvalue weighted by molar-refractivity contribution is 5.47. The van der Waals surface area contributed by atoms with E-state index in [0.717, 1.165) is 24.8 Å². The first kappa shape index (κ1) is 13.3. The lowest BCUT2D eigenvalue weighted by Gasteiger charge is -2.35. The van der Waals surface area contributed by atoms with Crippen LogP contribution in [-0.4, -0.2) is 24.6 Å². The van der Waals surface area contributed by atoms with Gasteiger partial charge in [0.15, 0.2) is 0 Å². The van der Waals surface area contributed by atoms with Crippen LogP contribution < -0.4 is 10.2 Å². The van der Waals surface area contributed by atoms with Crippen molar-refractivity contribution in [2.75, 3.05) is 18.5 Å². The van der Waals surface area contributed by atoms with Gasteiger partial charge in [-0.05, 0) is 38.9 Å². The van der Waals surface area contributed by atoms with E-state index in [-0.39, 0.29) is 0 Å². The fourth-order valence-corrected chi connectivity index (χ4v) is 2.97. The van der Waals surface area contributed by atoms with Crippen molar-refractivity contribution in [3.8, 4) is 0 Å². The van der Waals surface area contributed by atoms with Crippen LogP contribution in [0.3, 0.4) is 0 Å². The molecule has 1 aromatic heterocycles. The number of nitrogens with one attached hydrogen (secondary N) is 1. The predicted octanol–water partition coefficient (Wildman–Crippen LogP) is 2.96. The third-order valence-electron chi connectivity index (χ3n) is 3.85. The molecule has 3 heteroatoms. The number of rotatable bonds is 5. The van der Waals surface area contributed by atoms with E-state index in [9.17, 15) is 0 Å².